The van der Waals surface area contributed by atoms with Gasteiger partial charge >= 0.3 is 0 Å². The van der Waals surface area contributed by atoms with E-state index in [9.17, 15) is 0 Å². The summed E-state index contributed by atoms with van der Waals surface area (Å²) in [4.78, 5) is 4.29. The first-order valence-electron chi connectivity index (χ1n) is 7.11. The number of benzene rings is 1. The van der Waals surface area contributed by atoms with Gasteiger partial charge in [0.15, 0.2) is 0 Å². The van der Waals surface area contributed by atoms with Gasteiger partial charge in [-0.25, -0.2) is 0 Å². The van der Waals surface area contributed by atoms with Crippen molar-refractivity contribution in [3.63, 3.8) is 0 Å². The van der Waals surface area contributed by atoms with E-state index in [4.69, 9.17) is 9.47 Å². The molecule has 104 valence electrons. The van der Waals surface area contributed by atoms with E-state index in [-0.39, 0.29) is 0 Å². The predicted octanol–water partition coefficient (Wildman–Crippen LogP) is 3.55. The van der Waals surface area contributed by atoms with Gasteiger partial charge in [-0.2, -0.15) is 0 Å². The zero-order chi connectivity index (χ0) is 13.6. The molecule has 3 nitrogen and oxygen atoms in total. The van der Waals surface area contributed by atoms with E-state index < -0.39 is 0 Å². The molecule has 0 radical (unpaired) electrons. The van der Waals surface area contributed by atoms with Gasteiger partial charge < -0.3 is 9.47 Å². The molecule has 1 saturated heterocycles. The molecule has 20 heavy (non-hydrogen) atoms. The lowest BCUT2D eigenvalue weighted by molar-refractivity contribution is 0.0802. The molecule has 1 aromatic heterocycles. The van der Waals surface area contributed by atoms with Crippen LogP contribution in [0.4, 0.5) is 0 Å². The largest absolute Gasteiger partial charge is 0.487 e. The van der Waals surface area contributed by atoms with Crippen LogP contribution in [-0.4, -0.2) is 18.2 Å². The van der Waals surface area contributed by atoms with Gasteiger partial charge in [-0.05, 0) is 30.0 Å². The topological polar surface area (TPSA) is 31.4 Å². The van der Waals surface area contributed by atoms with Gasteiger partial charge in [0, 0.05) is 18.7 Å². The van der Waals surface area contributed by atoms with Crippen molar-refractivity contribution in [3.8, 4) is 5.75 Å². The molecule has 1 aromatic carbocycles. The van der Waals surface area contributed by atoms with Crippen LogP contribution in [-0.2, 0) is 11.3 Å². The lowest BCUT2D eigenvalue weighted by atomic mass is 9.95. The molecule has 2 aromatic rings. The third kappa shape index (κ3) is 3.36. The van der Waals surface area contributed by atoms with E-state index in [0.29, 0.717) is 12.5 Å². The van der Waals surface area contributed by atoms with Crippen molar-refractivity contribution in [2.45, 2.75) is 25.4 Å². The highest BCUT2D eigenvalue weighted by molar-refractivity contribution is 5.27. The molecule has 0 aliphatic carbocycles. The van der Waals surface area contributed by atoms with Gasteiger partial charge in [-0.1, -0.05) is 30.3 Å². The summed E-state index contributed by atoms with van der Waals surface area (Å²) in [5.41, 5.74) is 2.38. The first kappa shape index (κ1) is 13.1. The second kappa shape index (κ2) is 6.53. The molecule has 3 heteroatoms. The Balaban J connectivity index is 1.65. The molecule has 1 atom stereocenters. The molecule has 0 amide bonds. The summed E-state index contributed by atoms with van der Waals surface area (Å²) in [7, 11) is 0. The van der Waals surface area contributed by atoms with Gasteiger partial charge in [0.2, 0.25) is 0 Å². The van der Waals surface area contributed by atoms with E-state index in [1.54, 1.807) is 6.20 Å². The molecule has 0 bridgehead atoms. The molecule has 1 unspecified atom stereocenters. The lowest BCUT2D eigenvalue weighted by Gasteiger charge is -2.22. The van der Waals surface area contributed by atoms with Crippen molar-refractivity contribution < 1.29 is 9.47 Å². The maximum atomic E-state index is 5.82. The lowest BCUT2D eigenvalue weighted by Crippen LogP contribution is -2.15. The fraction of sp³-hybridized carbons (Fsp3) is 0.353. The number of pyridine rings is 1. The van der Waals surface area contributed by atoms with E-state index in [0.717, 1.165) is 25.4 Å². The Hall–Kier alpha value is -1.87. The van der Waals surface area contributed by atoms with E-state index >= 15 is 0 Å². The summed E-state index contributed by atoms with van der Waals surface area (Å²) in [6.45, 7) is 2.26. The molecule has 0 saturated carbocycles. The fourth-order valence-corrected chi connectivity index (χ4v) is 2.48. The van der Waals surface area contributed by atoms with Crippen molar-refractivity contribution in [2.24, 2.45) is 0 Å². The Labute approximate surface area is 119 Å². The van der Waals surface area contributed by atoms with E-state index in [1.165, 1.54) is 17.5 Å². The van der Waals surface area contributed by atoms with Crippen LogP contribution in [0.5, 0.6) is 5.75 Å². The quantitative estimate of drug-likeness (QED) is 0.850. The minimum atomic E-state index is 0.455. The Morgan fingerprint density at radius 2 is 2.10 bits per heavy atom. The van der Waals surface area contributed by atoms with Crippen LogP contribution in [0, 0.1) is 0 Å². The minimum Gasteiger partial charge on any atom is -0.487 e. The monoisotopic (exact) mass is 269 g/mol. The van der Waals surface area contributed by atoms with Crippen LogP contribution in [0.1, 0.15) is 29.9 Å². The van der Waals surface area contributed by atoms with Crippen molar-refractivity contribution >= 4 is 0 Å². The summed E-state index contributed by atoms with van der Waals surface area (Å²) in [5.74, 6) is 1.29. The molecular weight excluding hydrogens is 250 g/mol. The van der Waals surface area contributed by atoms with Crippen molar-refractivity contribution in [3.05, 3.63) is 59.9 Å². The first-order chi connectivity index (χ1) is 9.92. The molecule has 1 fully saturated rings. The second-order valence-corrected chi connectivity index (χ2v) is 5.14. The SMILES string of the molecule is c1ccc(COc2cncc(C3CCCOC3)c2)cc1. The third-order valence-electron chi connectivity index (χ3n) is 3.61. The van der Waals surface area contributed by atoms with E-state index in [1.807, 2.05) is 24.4 Å². The highest BCUT2D eigenvalue weighted by Crippen LogP contribution is 2.27. The molecule has 0 spiro atoms. The summed E-state index contributed by atoms with van der Waals surface area (Å²) in [6, 6.07) is 12.3. The van der Waals surface area contributed by atoms with Crippen LogP contribution < -0.4 is 4.74 Å². The van der Waals surface area contributed by atoms with Crippen LogP contribution in [0.25, 0.3) is 0 Å². The molecule has 2 heterocycles. The van der Waals surface area contributed by atoms with E-state index in [2.05, 4.69) is 23.2 Å². The average molecular weight is 269 g/mol. The predicted molar refractivity (Wildman–Crippen MR) is 77.8 cm³/mol. The first-order valence-corrected chi connectivity index (χ1v) is 7.11. The Kier molecular flexibility index (Phi) is 4.28. The Morgan fingerprint density at radius 3 is 2.90 bits per heavy atom. The fourth-order valence-electron chi connectivity index (χ4n) is 2.48. The molecule has 1 aliphatic rings. The third-order valence-corrected chi connectivity index (χ3v) is 3.61. The molecule has 3 rings (SSSR count). The zero-order valence-corrected chi connectivity index (χ0v) is 11.5. The molecular formula is C17H19NO2. The van der Waals surface area contributed by atoms with Crippen molar-refractivity contribution in [2.75, 3.05) is 13.2 Å². The van der Waals surface area contributed by atoms with Crippen molar-refractivity contribution in [1.29, 1.82) is 0 Å². The highest BCUT2D eigenvalue weighted by atomic mass is 16.5. The van der Waals surface area contributed by atoms with Gasteiger partial charge in [0.05, 0.1) is 12.8 Å². The van der Waals surface area contributed by atoms with Crippen LogP contribution in [0.2, 0.25) is 0 Å². The summed E-state index contributed by atoms with van der Waals surface area (Å²) >= 11 is 0. The van der Waals surface area contributed by atoms with Gasteiger partial charge in [0.25, 0.3) is 0 Å². The normalized spacial score (nSPS) is 18.7. The number of nitrogens with zero attached hydrogens (tertiary/aromatic N) is 1. The smallest absolute Gasteiger partial charge is 0.138 e. The molecule has 0 N–H and O–H groups in total. The highest BCUT2D eigenvalue weighted by Gasteiger charge is 2.16. The summed E-state index contributed by atoms with van der Waals surface area (Å²) in [5, 5.41) is 0. The average Bonchev–Trinajstić information content (AvgIpc) is 2.55. The number of hydrogen-bond donors (Lipinski definition) is 0. The Morgan fingerprint density at radius 1 is 1.20 bits per heavy atom. The minimum absolute atomic E-state index is 0.455. The van der Waals surface area contributed by atoms with Crippen LogP contribution in [0.3, 0.4) is 0 Å². The Bertz CT molecular complexity index is 536. The summed E-state index contributed by atoms with van der Waals surface area (Å²) < 4.78 is 11.4. The van der Waals surface area contributed by atoms with Crippen molar-refractivity contribution in [1.82, 2.24) is 4.98 Å². The maximum Gasteiger partial charge on any atom is 0.138 e. The van der Waals surface area contributed by atoms with Gasteiger partial charge in [-0.15, -0.1) is 0 Å². The van der Waals surface area contributed by atoms with Crippen LogP contribution >= 0.6 is 0 Å². The number of aromatic nitrogens is 1. The van der Waals surface area contributed by atoms with Gasteiger partial charge in [-0.3, -0.25) is 4.98 Å². The zero-order valence-electron chi connectivity index (χ0n) is 11.5. The number of rotatable bonds is 4. The number of ether oxygens (including phenoxy) is 2. The second-order valence-electron chi connectivity index (χ2n) is 5.14. The standard InChI is InChI=1S/C17H19NO2/c1-2-5-14(6-3-1)12-20-17-9-16(10-18-11-17)15-7-4-8-19-13-15/h1-3,5-6,9-11,15H,4,7-8,12-13H2. The number of hydrogen-bond acceptors (Lipinski definition) is 3. The molecule has 1 aliphatic heterocycles. The van der Waals surface area contributed by atoms with Crippen LogP contribution in [0.15, 0.2) is 48.8 Å². The summed E-state index contributed by atoms with van der Waals surface area (Å²) in [6.07, 6.45) is 5.99. The van der Waals surface area contributed by atoms with Gasteiger partial charge in [0.1, 0.15) is 12.4 Å². The maximum absolute atomic E-state index is 5.82.